The maximum absolute atomic E-state index is 13.0. The van der Waals surface area contributed by atoms with E-state index in [0.717, 1.165) is 21.6 Å². The van der Waals surface area contributed by atoms with Gasteiger partial charge in [-0.25, -0.2) is 23.7 Å². The molecule has 0 aromatic rings. The number of thioether (sulfide) groups is 4. The molecule has 3 rings (SSSR count). The molecule has 1 fully saturated rings. The molecule has 210 valence electrons. The van der Waals surface area contributed by atoms with Crippen molar-refractivity contribution in [1.82, 2.24) is 0 Å². The van der Waals surface area contributed by atoms with E-state index in [9.17, 15) is 25.0 Å². The van der Waals surface area contributed by atoms with Crippen molar-refractivity contribution >= 4 is 105 Å². The normalized spacial score (nSPS) is 16.7. The Morgan fingerprint density at radius 1 is 0.881 bits per heavy atom. The molecule has 0 amide bonds. The smallest absolute Gasteiger partial charge is 0.282 e. The van der Waals surface area contributed by atoms with Gasteiger partial charge in [-0.05, 0) is 31.9 Å². The number of thiol groups is 1. The summed E-state index contributed by atoms with van der Waals surface area (Å²) in [4.78, 5) is 7.89. The van der Waals surface area contributed by atoms with E-state index in [4.69, 9.17) is 29.2 Å². The van der Waals surface area contributed by atoms with Gasteiger partial charge < -0.3 is 27.0 Å². The fourth-order valence-corrected chi connectivity index (χ4v) is 6.97. The van der Waals surface area contributed by atoms with Gasteiger partial charge in [0, 0.05) is 85.0 Å². The minimum atomic E-state index is -1.13. The predicted octanol–water partition coefficient (Wildman–Crippen LogP) is 8.05. The molecule has 42 heavy (non-hydrogen) atoms. The number of halogens is 2. The second kappa shape index (κ2) is 20.3. The quantitative estimate of drug-likeness (QED) is 0.0581. The Morgan fingerprint density at radius 2 is 1.36 bits per heavy atom. The van der Waals surface area contributed by atoms with E-state index in [1.54, 1.807) is 19.0 Å². The van der Waals surface area contributed by atoms with Gasteiger partial charge in [-0.3, -0.25) is 5.87 Å². The summed E-state index contributed by atoms with van der Waals surface area (Å²) >= 11 is 12.8. The number of nitriles is 1. The van der Waals surface area contributed by atoms with Crippen LogP contribution in [0.3, 0.4) is 0 Å². The molecule has 0 aromatic carbocycles. The standard InChI is InChI=1S/C12H6N4S3.C8H6F2N2S.C4HN2S2.2Y/c1-5-7(14)8(15)10(17-3)11-9(5)18-12(19-11)6(4-13)16-2;1-3-4(9)5(10)8(13-2)7(12)6(3)11;1-6-3(2-5)4(7)8;;/h1,3H3;1-2H3;(H,7,8);;/q2*-2;-1;;/b12-6-;;;;. The van der Waals surface area contributed by atoms with E-state index in [1.165, 1.54) is 48.5 Å². The molecule has 0 N–H and O–H groups in total. The van der Waals surface area contributed by atoms with Crippen molar-refractivity contribution < 1.29 is 74.2 Å². The molecule has 0 atom stereocenters. The van der Waals surface area contributed by atoms with E-state index in [1.807, 2.05) is 6.07 Å². The zero-order valence-corrected chi connectivity index (χ0v) is 32.6. The number of allylic oxidation sites excluding steroid dienone is 7. The maximum Gasteiger partial charge on any atom is 0.282 e. The fourth-order valence-electron chi connectivity index (χ4n) is 2.66. The van der Waals surface area contributed by atoms with Crippen LogP contribution in [0.25, 0.3) is 36.7 Å². The molecular weight excluding hydrogens is 809 g/mol. The molecule has 2 radical (unpaired) electrons. The summed E-state index contributed by atoms with van der Waals surface area (Å²) in [5.41, 5.74) is -1.29. The molecule has 0 unspecified atom stereocenters. The van der Waals surface area contributed by atoms with Crippen LogP contribution in [0, 0.1) is 24.5 Å². The summed E-state index contributed by atoms with van der Waals surface area (Å²) in [5, 5.41) is 55.2. The minimum absolute atomic E-state index is 0. The van der Waals surface area contributed by atoms with Crippen molar-refractivity contribution in [1.29, 1.82) is 5.26 Å². The average Bonchev–Trinajstić information content (AvgIpc) is 3.37. The van der Waals surface area contributed by atoms with Crippen molar-refractivity contribution in [3.05, 3.63) is 108 Å². The Morgan fingerprint density at radius 3 is 1.74 bits per heavy atom. The minimum Gasteiger partial charge on any atom is -0.805 e. The first-order chi connectivity index (χ1) is 18.8. The first-order valence-corrected chi connectivity index (χ1v) is 15.0. The van der Waals surface area contributed by atoms with Gasteiger partial charge in [0.1, 0.15) is 0 Å². The Bertz CT molecular complexity index is 1580. The van der Waals surface area contributed by atoms with Crippen LogP contribution in [-0.4, -0.2) is 45.4 Å². The molecule has 0 spiro atoms. The van der Waals surface area contributed by atoms with Crippen molar-refractivity contribution in [3.8, 4) is 6.07 Å². The van der Waals surface area contributed by atoms with Crippen LogP contribution in [0.5, 0.6) is 0 Å². The third kappa shape index (κ3) is 10.1. The fraction of sp³-hybridized carbons (Fsp3) is 0.167. The zero-order valence-electron chi connectivity index (χ0n) is 22.0. The second-order valence-electron chi connectivity index (χ2n) is 6.94. The van der Waals surface area contributed by atoms with Gasteiger partial charge in [0.15, 0.2) is 11.7 Å². The molecule has 0 saturated carbocycles. The van der Waals surface area contributed by atoms with E-state index in [-0.39, 0.29) is 103 Å². The van der Waals surface area contributed by atoms with Crippen molar-refractivity contribution in [2.75, 3.05) is 12.5 Å². The average molecular weight is 822 g/mol. The van der Waals surface area contributed by atoms with Crippen LogP contribution in [-0.2, 0) is 65.4 Å². The molecule has 0 aromatic heterocycles. The summed E-state index contributed by atoms with van der Waals surface area (Å²) in [7, 11) is 0. The zero-order chi connectivity index (χ0) is 30.9. The SMILES string of the molecule is CSC1=C(F)C(F)=C(C)C(=[N-])C1=[N-].[C-]#[N+]/C(C#N)=C1/SC2=C(C)C(=[N-])C(=[N-])C(SC)=C2S1.[C-]#[N+]C(=C=[N-])C(=S)S.[Y].[Y]. The third-order valence-corrected chi connectivity index (χ3v) is 9.53. The topological polar surface area (TPSA) is 144 Å². The molecule has 18 heteroatoms. The van der Waals surface area contributed by atoms with Gasteiger partial charge in [-0.15, -0.1) is 36.2 Å². The Labute approximate surface area is 320 Å². The molecule has 1 heterocycles. The van der Waals surface area contributed by atoms with Gasteiger partial charge in [0.05, 0.1) is 27.6 Å². The van der Waals surface area contributed by atoms with Crippen molar-refractivity contribution in [3.63, 3.8) is 0 Å². The van der Waals surface area contributed by atoms with Gasteiger partial charge >= 0.3 is 0 Å². The maximum atomic E-state index is 13.0. The van der Waals surface area contributed by atoms with Crippen molar-refractivity contribution in [2.24, 2.45) is 0 Å². The summed E-state index contributed by atoms with van der Waals surface area (Å²) in [6.07, 6.45) is 3.28. The van der Waals surface area contributed by atoms with E-state index < -0.39 is 23.1 Å². The summed E-state index contributed by atoms with van der Waals surface area (Å²) in [6, 6.07) is 1.87. The molecule has 8 nitrogen and oxygen atoms in total. The Hall–Kier alpha value is -0.792. The monoisotopic (exact) mass is 821 g/mol. The molecule has 0 bridgehead atoms. The second-order valence-corrected chi connectivity index (χ2v) is 12.0. The number of nitrogens with zero attached hydrogens (tertiary/aromatic N) is 8. The van der Waals surface area contributed by atoms with Crippen LogP contribution in [0.2, 0.25) is 0 Å². The first kappa shape index (κ1) is 43.3. The number of hydrogen-bond donors (Lipinski definition) is 1. The van der Waals surface area contributed by atoms with Crippen LogP contribution < -0.4 is 0 Å². The summed E-state index contributed by atoms with van der Waals surface area (Å²) < 4.78 is 26.6. The predicted molar refractivity (Wildman–Crippen MR) is 177 cm³/mol. The summed E-state index contributed by atoms with van der Waals surface area (Å²) in [6.45, 7) is 16.2. The largest absolute Gasteiger partial charge is 0.805 e. The molecular formula is C24H13F2N8S6Y2-5. The van der Waals surface area contributed by atoms with Crippen LogP contribution in [0.4, 0.5) is 8.78 Å². The van der Waals surface area contributed by atoms with Crippen LogP contribution in [0.15, 0.2) is 58.1 Å². The molecule has 2 aliphatic carbocycles. The van der Waals surface area contributed by atoms with Gasteiger partial charge in [0.2, 0.25) is 5.70 Å². The third-order valence-electron chi connectivity index (χ3n) is 4.69. The van der Waals surface area contributed by atoms with Crippen LogP contribution in [0.1, 0.15) is 13.8 Å². The van der Waals surface area contributed by atoms with E-state index in [0.29, 0.717) is 14.7 Å². The Balaban J connectivity index is 0. The summed E-state index contributed by atoms with van der Waals surface area (Å²) in [5.74, 6) is -0.654. The number of hydrogen-bond acceptors (Lipinski definition) is 6. The van der Waals surface area contributed by atoms with Crippen molar-refractivity contribution in [2.45, 2.75) is 13.8 Å². The van der Waals surface area contributed by atoms with Gasteiger partial charge in [0.25, 0.3) is 5.70 Å². The van der Waals surface area contributed by atoms with Gasteiger partial charge in [-0.1, -0.05) is 41.3 Å². The molecule has 3 aliphatic rings. The van der Waals surface area contributed by atoms with Crippen LogP contribution >= 0.6 is 71.9 Å². The number of thiocarbonyl (C=S) groups is 1. The van der Waals surface area contributed by atoms with E-state index in [2.05, 4.69) is 34.5 Å². The number of rotatable bonds is 3. The number of fused-ring (bicyclic) bond motifs is 1. The molecule has 1 aliphatic heterocycles. The molecule has 1 saturated heterocycles. The Kier molecular flexibility index (Phi) is 20.9. The first-order valence-electron chi connectivity index (χ1n) is 10.1. The van der Waals surface area contributed by atoms with E-state index >= 15 is 0 Å². The van der Waals surface area contributed by atoms with Gasteiger partial charge in [-0.2, -0.15) is 22.8 Å².